The second-order valence-electron chi connectivity index (χ2n) is 3.48. The first-order valence-corrected chi connectivity index (χ1v) is 5.45. The van der Waals surface area contributed by atoms with Gasteiger partial charge in [-0.2, -0.15) is 0 Å². The third-order valence-electron chi connectivity index (χ3n) is 2.56. The highest BCUT2D eigenvalue weighted by molar-refractivity contribution is 9.10. The summed E-state index contributed by atoms with van der Waals surface area (Å²) in [6.07, 6.45) is 0. The van der Waals surface area contributed by atoms with Gasteiger partial charge in [-0.3, -0.25) is 5.41 Å². The van der Waals surface area contributed by atoms with Gasteiger partial charge in [-0.05, 0) is 23.8 Å². The van der Waals surface area contributed by atoms with Crippen molar-refractivity contribution in [2.75, 3.05) is 0 Å². The lowest BCUT2D eigenvalue weighted by Crippen LogP contribution is -2.18. The molecule has 0 bridgehead atoms. The summed E-state index contributed by atoms with van der Waals surface area (Å²) in [7, 11) is 1.89. The largest absolute Gasteiger partial charge is 0.329 e. The Kier molecular flexibility index (Phi) is 2.63. The third-order valence-corrected chi connectivity index (χ3v) is 3.05. The standard InChI is InChI=1S/C11H12BrN3/c1-15-10-5-8(12)2-3-9(10)7(6-13)4-11(15)14/h2-5,14H,6,13H2,1H3. The van der Waals surface area contributed by atoms with Gasteiger partial charge in [-0.15, -0.1) is 0 Å². The van der Waals surface area contributed by atoms with Gasteiger partial charge in [0.25, 0.3) is 0 Å². The first-order valence-electron chi connectivity index (χ1n) is 4.66. The van der Waals surface area contributed by atoms with Crippen molar-refractivity contribution in [3.63, 3.8) is 0 Å². The van der Waals surface area contributed by atoms with Crippen molar-refractivity contribution in [2.24, 2.45) is 12.8 Å². The van der Waals surface area contributed by atoms with Gasteiger partial charge >= 0.3 is 0 Å². The van der Waals surface area contributed by atoms with E-state index in [-0.39, 0.29) is 0 Å². The predicted molar refractivity (Wildman–Crippen MR) is 64.4 cm³/mol. The van der Waals surface area contributed by atoms with Crippen molar-refractivity contribution in [3.05, 3.63) is 39.8 Å². The van der Waals surface area contributed by atoms with E-state index in [0.29, 0.717) is 12.0 Å². The highest BCUT2D eigenvalue weighted by Crippen LogP contribution is 2.20. The van der Waals surface area contributed by atoms with Gasteiger partial charge in [0.05, 0.1) is 5.52 Å². The average molecular weight is 266 g/mol. The number of halogens is 1. The van der Waals surface area contributed by atoms with Crippen molar-refractivity contribution in [1.82, 2.24) is 4.57 Å². The summed E-state index contributed by atoms with van der Waals surface area (Å²) >= 11 is 3.43. The number of benzene rings is 1. The Morgan fingerprint density at radius 1 is 1.40 bits per heavy atom. The number of rotatable bonds is 1. The van der Waals surface area contributed by atoms with Gasteiger partial charge in [0.2, 0.25) is 0 Å². The van der Waals surface area contributed by atoms with Crippen molar-refractivity contribution in [1.29, 1.82) is 5.41 Å². The van der Waals surface area contributed by atoms with Crippen LogP contribution in [0.3, 0.4) is 0 Å². The molecule has 3 N–H and O–H groups in total. The second kappa shape index (κ2) is 3.79. The van der Waals surface area contributed by atoms with Gasteiger partial charge in [0, 0.05) is 23.5 Å². The van der Waals surface area contributed by atoms with Crippen LogP contribution in [0, 0.1) is 5.41 Å². The molecule has 0 aliphatic rings. The smallest absolute Gasteiger partial charge is 0.125 e. The Hall–Kier alpha value is -1.13. The minimum atomic E-state index is 0.463. The van der Waals surface area contributed by atoms with E-state index < -0.39 is 0 Å². The first-order chi connectivity index (χ1) is 7.13. The van der Waals surface area contributed by atoms with Crippen molar-refractivity contribution in [3.8, 4) is 0 Å². The SMILES string of the molecule is Cn1c(=N)cc(CN)c2ccc(Br)cc21. The van der Waals surface area contributed by atoms with E-state index in [1.165, 1.54) is 0 Å². The average Bonchev–Trinajstić information content (AvgIpc) is 2.23. The Labute approximate surface area is 96.2 Å². The molecule has 2 aromatic rings. The summed E-state index contributed by atoms with van der Waals surface area (Å²) in [5.74, 6) is 0. The Bertz CT molecular complexity index is 572. The van der Waals surface area contributed by atoms with Crippen molar-refractivity contribution < 1.29 is 0 Å². The molecule has 0 aliphatic heterocycles. The molecule has 1 aromatic heterocycles. The van der Waals surface area contributed by atoms with Gasteiger partial charge in [-0.25, -0.2) is 0 Å². The summed E-state index contributed by atoms with van der Waals surface area (Å²) in [5.41, 5.74) is 8.18. The quantitative estimate of drug-likeness (QED) is 0.813. The maximum Gasteiger partial charge on any atom is 0.125 e. The van der Waals surface area contributed by atoms with Crippen LogP contribution in [0.25, 0.3) is 10.9 Å². The highest BCUT2D eigenvalue weighted by atomic mass is 79.9. The molecule has 1 heterocycles. The molecule has 3 nitrogen and oxygen atoms in total. The summed E-state index contributed by atoms with van der Waals surface area (Å²) < 4.78 is 2.86. The lowest BCUT2D eigenvalue weighted by molar-refractivity contribution is 0.847. The minimum absolute atomic E-state index is 0.463. The number of aryl methyl sites for hydroxylation is 1. The first kappa shape index (κ1) is 10.4. The molecule has 2 rings (SSSR count). The van der Waals surface area contributed by atoms with Gasteiger partial charge < -0.3 is 10.3 Å². The lowest BCUT2D eigenvalue weighted by Gasteiger charge is -2.10. The number of aromatic nitrogens is 1. The number of nitrogens with zero attached hydrogens (tertiary/aromatic N) is 1. The van der Waals surface area contributed by atoms with Crippen LogP contribution in [0.5, 0.6) is 0 Å². The molecule has 0 unspecified atom stereocenters. The number of hydrogen-bond donors (Lipinski definition) is 2. The molecular weight excluding hydrogens is 254 g/mol. The molecular formula is C11H12BrN3. The Balaban J connectivity index is 2.96. The van der Waals surface area contributed by atoms with E-state index in [0.717, 1.165) is 20.9 Å². The van der Waals surface area contributed by atoms with E-state index in [1.807, 2.05) is 35.9 Å². The van der Waals surface area contributed by atoms with E-state index in [4.69, 9.17) is 11.1 Å². The zero-order chi connectivity index (χ0) is 11.0. The molecule has 15 heavy (non-hydrogen) atoms. The minimum Gasteiger partial charge on any atom is -0.329 e. The molecule has 0 saturated heterocycles. The number of fused-ring (bicyclic) bond motifs is 1. The van der Waals surface area contributed by atoms with Crippen LogP contribution in [-0.4, -0.2) is 4.57 Å². The maximum atomic E-state index is 7.81. The molecule has 0 amide bonds. The van der Waals surface area contributed by atoms with Crippen LogP contribution in [0.4, 0.5) is 0 Å². The van der Waals surface area contributed by atoms with Crippen molar-refractivity contribution >= 4 is 26.8 Å². The molecule has 0 saturated carbocycles. The monoisotopic (exact) mass is 265 g/mol. The Morgan fingerprint density at radius 3 is 2.80 bits per heavy atom. The zero-order valence-corrected chi connectivity index (χ0v) is 10.0. The van der Waals surface area contributed by atoms with Crippen LogP contribution < -0.4 is 11.2 Å². The fourth-order valence-electron chi connectivity index (χ4n) is 1.69. The van der Waals surface area contributed by atoms with E-state index >= 15 is 0 Å². The van der Waals surface area contributed by atoms with Gasteiger partial charge in [-0.1, -0.05) is 22.0 Å². The predicted octanol–water partition coefficient (Wildman–Crippen LogP) is 1.88. The molecule has 0 atom stereocenters. The molecule has 0 fully saturated rings. The summed E-state index contributed by atoms with van der Waals surface area (Å²) in [5, 5.41) is 8.92. The third kappa shape index (κ3) is 1.70. The number of nitrogens with two attached hydrogens (primary N) is 1. The summed E-state index contributed by atoms with van der Waals surface area (Å²) in [6, 6.07) is 7.84. The molecule has 0 spiro atoms. The molecule has 0 radical (unpaired) electrons. The topological polar surface area (TPSA) is 54.8 Å². The Morgan fingerprint density at radius 2 is 2.13 bits per heavy atom. The van der Waals surface area contributed by atoms with Gasteiger partial charge in [0.1, 0.15) is 5.49 Å². The molecule has 0 aliphatic carbocycles. The molecule has 1 aromatic carbocycles. The van der Waals surface area contributed by atoms with Gasteiger partial charge in [0.15, 0.2) is 0 Å². The van der Waals surface area contributed by atoms with Crippen LogP contribution in [-0.2, 0) is 13.6 Å². The van der Waals surface area contributed by atoms with E-state index in [9.17, 15) is 0 Å². The van der Waals surface area contributed by atoms with Crippen molar-refractivity contribution in [2.45, 2.75) is 6.54 Å². The summed E-state index contributed by atoms with van der Waals surface area (Å²) in [6.45, 7) is 0.463. The zero-order valence-electron chi connectivity index (χ0n) is 8.42. The van der Waals surface area contributed by atoms with Crippen LogP contribution in [0.1, 0.15) is 5.56 Å². The second-order valence-corrected chi connectivity index (χ2v) is 4.40. The van der Waals surface area contributed by atoms with Crippen LogP contribution in [0.2, 0.25) is 0 Å². The summed E-state index contributed by atoms with van der Waals surface area (Å²) in [4.78, 5) is 0. The molecule has 78 valence electrons. The normalized spacial score (nSPS) is 10.9. The fraction of sp³-hybridized carbons (Fsp3) is 0.182. The van der Waals surface area contributed by atoms with Crippen LogP contribution >= 0.6 is 15.9 Å². The number of nitrogens with one attached hydrogen (secondary N) is 1. The fourth-order valence-corrected chi connectivity index (χ4v) is 2.04. The molecule has 4 heteroatoms. The number of pyridine rings is 1. The number of hydrogen-bond acceptors (Lipinski definition) is 2. The lowest BCUT2D eigenvalue weighted by atomic mass is 10.1. The van der Waals surface area contributed by atoms with Crippen LogP contribution in [0.15, 0.2) is 28.7 Å². The van der Waals surface area contributed by atoms with E-state index in [2.05, 4.69) is 15.9 Å². The maximum absolute atomic E-state index is 7.81. The van der Waals surface area contributed by atoms with E-state index in [1.54, 1.807) is 0 Å². The highest BCUT2D eigenvalue weighted by Gasteiger charge is 2.03.